The van der Waals surface area contributed by atoms with Gasteiger partial charge in [0, 0.05) is 13.0 Å². The van der Waals surface area contributed by atoms with Crippen molar-refractivity contribution < 1.29 is 4.42 Å². The van der Waals surface area contributed by atoms with Crippen molar-refractivity contribution in [3.63, 3.8) is 0 Å². The Labute approximate surface area is 98.6 Å². The first-order valence-corrected chi connectivity index (χ1v) is 5.93. The number of hydrogen-bond donors (Lipinski definition) is 1. The third kappa shape index (κ3) is 3.99. The quantitative estimate of drug-likeness (QED) is 0.806. The maximum Gasteiger partial charge on any atom is 0.118 e. The second-order valence-electron chi connectivity index (χ2n) is 5.26. The third-order valence-corrected chi connectivity index (χ3v) is 2.74. The summed E-state index contributed by atoms with van der Waals surface area (Å²) < 4.78 is 5.68. The van der Waals surface area contributed by atoms with Crippen LogP contribution in [0.5, 0.6) is 0 Å². The zero-order valence-electron chi connectivity index (χ0n) is 10.9. The molecule has 0 aliphatic heterocycles. The van der Waals surface area contributed by atoms with Gasteiger partial charge in [-0.05, 0) is 31.1 Å². The Morgan fingerprint density at radius 1 is 1.31 bits per heavy atom. The van der Waals surface area contributed by atoms with Crippen molar-refractivity contribution in [1.29, 1.82) is 0 Å². The minimum absolute atomic E-state index is 0.162. The maximum atomic E-state index is 5.72. The van der Waals surface area contributed by atoms with Crippen LogP contribution in [0.1, 0.15) is 32.3 Å². The monoisotopic (exact) mass is 224 g/mol. The fraction of sp³-hybridized carbons (Fsp3) is 0.692. The lowest BCUT2D eigenvalue weighted by Gasteiger charge is -2.28. The van der Waals surface area contributed by atoms with Crippen LogP contribution in [0.4, 0.5) is 0 Å². The van der Waals surface area contributed by atoms with E-state index >= 15 is 0 Å². The van der Waals surface area contributed by atoms with Crippen LogP contribution in [0, 0.1) is 5.41 Å². The number of furan rings is 1. The van der Waals surface area contributed by atoms with Gasteiger partial charge in [-0.1, -0.05) is 20.8 Å². The first-order valence-electron chi connectivity index (χ1n) is 5.93. The Morgan fingerprint density at radius 3 is 2.44 bits per heavy atom. The number of nitrogens with zero attached hydrogens (tertiary/aromatic N) is 1. The number of hydrogen-bond acceptors (Lipinski definition) is 3. The number of rotatable bonds is 6. The van der Waals surface area contributed by atoms with Gasteiger partial charge in [-0.15, -0.1) is 0 Å². The van der Waals surface area contributed by atoms with Gasteiger partial charge in [0.1, 0.15) is 11.5 Å². The Balaban J connectivity index is 2.48. The first kappa shape index (κ1) is 13.3. The van der Waals surface area contributed by atoms with Crippen LogP contribution in [0.3, 0.4) is 0 Å². The molecule has 0 aliphatic rings. The molecule has 0 spiro atoms. The molecule has 0 unspecified atom stereocenters. The normalized spacial score (nSPS) is 12.4. The molecule has 3 nitrogen and oxygen atoms in total. The van der Waals surface area contributed by atoms with E-state index in [1.807, 2.05) is 0 Å². The molecule has 1 heterocycles. The van der Waals surface area contributed by atoms with Crippen molar-refractivity contribution in [1.82, 2.24) is 4.90 Å². The van der Waals surface area contributed by atoms with E-state index in [-0.39, 0.29) is 5.41 Å². The maximum absolute atomic E-state index is 5.72. The second-order valence-corrected chi connectivity index (χ2v) is 5.26. The molecule has 1 aromatic rings. The Hall–Kier alpha value is -0.800. The predicted octanol–water partition coefficient (Wildman–Crippen LogP) is 2.26. The van der Waals surface area contributed by atoms with Crippen molar-refractivity contribution in [2.45, 2.75) is 33.7 Å². The molecule has 1 rings (SSSR count). The second kappa shape index (κ2) is 5.51. The Kier molecular flexibility index (Phi) is 4.56. The van der Waals surface area contributed by atoms with Crippen LogP contribution < -0.4 is 5.73 Å². The third-order valence-electron chi connectivity index (χ3n) is 2.74. The lowest BCUT2D eigenvalue weighted by Crippen LogP contribution is -2.36. The van der Waals surface area contributed by atoms with Crippen molar-refractivity contribution in [2.24, 2.45) is 11.1 Å². The summed E-state index contributed by atoms with van der Waals surface area (Å²) in [7, 11) is 2.10. The predicted molar refractivity (Wildman–Crippen MR) is 67.3 cm³/mol. The van der Waals surface area contributed by atoms with Crippen LogP contribution in [-0.4, -0.2) is 25.0 Å². The van der Waals surface area contributed by atoms with E-state index < -0.39 is 0 Å². The highest BCUT2D eigenvalue weighted by Crippen LogP contribution is 2.16. The molecule has 1 aromatic heterocycles. The van der Waals surface area contributed by atoms with Crippen molar-refractivity contribution in [3.8, 4) is 0 Å². The molecule has 0 fully saturated rings. The van der Waals surface area contributed by atoms with Crippen LogP contribution in [0.2, 0.25) is 0 Å². The van der Waals surface area contributed by atoms with Gasteiger partial charge >= 0.3 is 0 Å². The van der Waals surface area contributed by atoms with E-state index in [4.69, 9.17) is 10.2 Å². The summed E-state index contributed by atoms with van der Waals surface area (Å²) in [6.45, 7) is 9.00. The van der Waals surface area contributed by atoms with Crippen LogP contribution in [0.25, 0.3) is 0 Å². The molecule has 0 radical (unpaired) electrons. The van der Waals surface area contributed by atoms with Gasteiger partial charge < -0.3 is 10.2 Å². The van der Waals surface area contributed by atoms with Crippen LogP contribution >= 0.6 is 0 Å². The summed E-state index contributed by atoms with van der Waals surface area (Å²) in [4.78, 5) is 2.26. The average molecular weight is 224 g/mol. The molecule has 0 atom stereocenters. The van der Waals surface area contributed by atoms with E-state index in [9.17, 15) is 0 Å². The number of nitrogens with two attached hydrogens (primary N) is 1. The fourth-order valence-corrected chi connectivity index (χ4v) is 1.81. The summed E-state index contributed by atoms with van der Waals surface area (Å²) in [6.07, 6.45) is 0.956. The van der Waals surface area contributed by atoms with Crippen LogP contribution in [0.15, 0.2) is 16.5 Å². The minimum atomic E-state index is 0.162. The summed E-state index contributed by atoms with van der Waals surface area (Å²) in [5.41, 5.74) is 5.89. The van der Waals surface area contributed by atoms with Gasteiger partial charge in [-0.3, -0.25) is 4.90 Å². The Morgan fingerprint density at radius 2 is 1.94 bits per heavy atom. The summed E-state index contributed by atoms with van der Waals surface area (Å²) in [5.74, 6) is 2.09. The molecule has 0 amide bonds. The highest BCUT2D eigenvalue weighted by atomic mass is 16.3. The molecule has 0 saturated heterocycles. The van der Waals surface area contributed by atoms with Crippen molar-refractivity contribution in [2.75, 3.05) is 20.1 Å². The molecule has 3 heteroatoms. The lowest BCUT2D eigenvalue weighted by atomic mass is 9.93. The van der Waals surface area contributed by atoms with Crippen molar-refractivity contribution in [3.05, 3.63) is 23.7 Å². The largest absolute Gasteiger partial charge is 0.465 e. The highest BCUT2D eigenvalue weighted by Gasteiger charge is 2.18. The zero-order chi connectivity index (χ0) is 12.2. The summed E-state index contributed by atoms with van der Waals surface area (Å²) in [5, 5.41) is 0. The first-order chi connectivity index (χ1) is 7.46. The summed E-state index contributed by atoms with van der Waals surface area (Å²) >= 11 is 0. The SMILES string of the molecule is CCc1ccc(CN(C)CC(C)(C)CN)o1. The van der Waals surface area contributed by atoms with E-state index in [1.54, 1.807) is 0 Å². The molecule has 92 valence electrons. The van der Waals surface area contributed by atoms with E-state index in [0.717, 1.165) is 31.0 Å². The topological polar surface area (TPSA) is 42.4 Å². The van der Waals surface area contributed by atoms with E-state index in [2.05, 4.69) is 44.9 Å². The standard InChI is InChI=1S/C13H24N2O/c1-5-11-6-7-12(16-11)8-15(4)10-13(2,3)9-14/h6-7H,5,8-10,14H2,1-4H3. The van der Waals surface area contributed by atoms with Gasteiger partial charge in [0.15, 0.2) is 0 Å². The molecule has 16 heavy (non-hydrogen) atoms. The van der Waals surface area contributed by atoms with Gasteiger partial charge in [-0.25, -0.2) is 0 Å². The summed E-state index contributed by atoms with van der Waals surface area (Å²) in [6, 6.07) is 4.11. The molecular weight excluding hydrogens is 200 g/mol. The van der Waals surface area contributed by atoms with Gasteiger partial charge in [0.05, 0.1) is 6.54 Å². The molecule has 0 aliphatic carbocycles. The van der Waals surface area contributed by atoms with E-state index in [1.165, 1.54) is 0 Å². The lowest BCUT2D eigenvalue weighted by molar-refractivity contribution is 0.197. The fourth-order valence-electron chi connectivity index (χ4n) is 1.81. The molecule has 0 saturated carbocycles. The smallest absolute Gasteiger partial charge is 0.118 e. The van der Waals surface area contributed by atoms with Gasteiger partial charge in [-0.2, -0.15) is 0 Å². The molecule has 2 N–H and O–H groups in total. The zero-order valence-corrected chi connectivity index (χ0v) is 10.9. The van der Waals surface area contributed by atoms with Crippen LogP contribution in [-0.2, 0) is 13.0 Å². The van der Waals surface area contributed by atoms with Crippen molar-refractivity contribution >= 4 is 0 Å². The number of aryl methyl sites for hydroxylation is 1. The molecule has 0 bridgehead atoms. The minimum Gasteiger partial charge on any atom is -0.465 e. The van der Waals surface area contributed by atoms with Gasteiger partial charge in [0.25, 0.3) is 0 Å². The average Bonchev–Trinajstić information content (AvgIpc) is 2.64. The molecule has 0 aromatic carbocycles. The molecular formula is C13H24N2O. The highest BCUT2D eigenvalue weighted by molar-refractivity contribution is 5.06. The Bertz CT molecular complexity index is 317. The van der Waals surface area contributed by atoms with E-state index in [0.29, 0.717) is 6.54 Å². The van der Waals surface area contributed by atoms with Gasteiger partial charge in [0.2, 0.25) is 0 Å².